The molecule has 7 rings (SSSR count). The van der Waals surface area contributed by atoms with Crippen LogP contribution in [0.1, 0.15) is 5.56 Å². The molecule has 270 valence electrons. The first kappa shape index (κ1) is 36.0. The maximum atomic E-state index is 13.5. The van der Waals surface area contributed by atoms with Gasteiger partial charge in [-0.05, 0) is 65.2 Å². The maximum absolute atomic E-state index is 13.5. The van der Waals surface area contributed by atoms with Gasteiger partial charge in [-0.25, -0.2) is 28.4 Å². The third-order valence-electron chi connectivity index (χ3n) is 8.82. The predicted molar refractivity (Wildman–Crippen MR) is 209 cm³/mol. The zero-order valence-corrected chi connectivity index (χ0v) is 30.7. The van der Waals surface area contributed by atoms with Crippen LogP contribution in [0.25, 0.3) is 22.0 Å². The molecule has 0 bridgehead atoms. The molecule has 2 aromatic heterocycles. The second-order valence-electron chi connectivity index (χ2n) is 12.2. The lowest BCUT2D eigenvalue weighted by atomic mass is 9.99. The maximum Gasteiger partial charge on any atom is 0.293 e. The minimum Gasteiger partial charge on any atom is -0.379 e. The van der Waals surface area contributed by atoms with Gasteiger partial charge in [0.25, 0.3) is 15.7 Å². The molecule has 0 radical (unpaired) electrons. The molecule has 0 unspecified atom stereocenters. The van der Waals surface area contributed by atoms with Gasteiger partial charge in [-0.1, -0.05) is 59.8 Å². The van der Waals surface area contributed by atoms with Crippen LogP contribution in [0.5, 0.6) is 0 Å². The van der Waals surface area contributed by atoms with Gasteiger partial charge < -0.3 is 10.2 Å². The molecule has 0 atom stereocenters. The number of nitro benzene ring substituents is 1. The summed E-state index contributed by atoms with van der Waals surface area (Å²) in [7, 11) is -4.24. The van der Waals surface area contributed by atoms with Crippen LogP contribution in [0, 0.1) is 10.1 Å². The first-order chi connectivity index (χ1) is 25.7. The molecular weight excluding hydrogens is 734 g/mol. The van der Waals surface area contributed by atoms with Gasteiger partial charge in [-0.2, -0.15) is 0 Å². The van der Waals surface area contributed by atoms with Crippen LogP contribution in [0.3, 0.4) is 0 Å². The van der Waals surface area contributed by atoms with E-state index in [0.717, 1.165) is 50.0 Å². The van der Waals surface area contributed by atoms with E-state index in [1.54, 1.807) is 24.5 Å². The van der Waals surface area contributed by atoms with E-state index in [0.29, 0.717) is 33.4 Å². The lowest BCUT2D eigenvalue weighted by Gasteiger charge is -2.36. The Kier molecular flexibility index (Phi) is 11.0. The monoisotopic (exact) mass is 767 g/mol. The molecule has 0 aliphatic carbocycles. The van der Waals surface area contributed by atoms with Crippen LogP contribution < -0.4 is 14.9 Å². The van der Waals surface area contributed by atoms with Gasteiger partial charge in [0.15, 0.2) is 11.0 Å². The SMILES string of the molecule is O=[N+]([O-])c1cc(S(=O)(=O)Nc2ncnc3cc(N4CCN(Cc5ccccc5-c5ccc(Cl)cc5)CC4)ccc23)ccc1NCCSc1ncccn1. The topological polar surface area (TPSA) is 159 Å². The number of thioether (sulfide) groups is 1. The fourth-order valence-electron chi connectivity index (χ4n) is 6.15. The fraction of sp³-hybridized carbons (Fsp3) is 0.189. The first-order valence-corrected chi connectivity index (χ1v) is 19.6. The van der Waals surface area contributed by atoms with Gasteiger partial charge in [0, 0.05) is 79.6 Å². The molecule has 0 spiro atoms. The zero-order valence-electron chi connectivity index (χ0n) is 28.3. The molecule has 16 heteroatoms. The van der Waals surface area contributed by atoms with Crippen LogP contribution in [0.15, 0.2) is 120 Å². The Morgan fingerprint density at radius 3 is 2.42 bits per heavy atom. The number of nitro groups is 1. The molecule has 1 aliphatic rings. The minimum atomic E-state index is -4.24. The summed E-state index contributed by atoms with van der Waals surface area (Å²) in [6.07, 6.45) is 4.57. The van der Waals surface area contributed by atoms with E-state index in [9.17, 15) is 18.5 Å². The van der Waals surface area contributed by atoms with Crippen molar-refractivity contribution >= 4 is 67.2 Å². The Morgan fingerprint density at radius 1 is 0.868 bits per heavy atom. The fourth-order valence-corrected chi connectivity index (χ4v) is 7.98. The molecule has 6 aromatic rings. The van der Waals surface area contributed by atoms with E-state index in [1.165, 1.54) is 41.3 Å². The summed E-state index contributed by atoms with van der Waals surface area (Å²) in [5, 5.41) is 16.7. The molecule has 1 saturated heterocycles. The summed E-state index contributed by atoms with van der Waals surface area (Å²) in [4.78, 5) is 32.7. The summed E-state index contributed by atoms with van der Waals surface area (Å²) in [6.45, 7) is 4.55. The molecule has 13 nitrogen and oxygen atoms in total. The standard InChI is InChI=1S/C37H34ClN9O4S2/c38-28-8-6-26(7-9-28)31-5-2-1-4-27(31)24-45-17-19-46(20-18-45)29-10-12-32-34(22-29)42-25-43-36(32)44-53(50,51)30-11-13-33(35(23-30)47(48)49)39-16-21-52-37-40-14-3-15-41-37/h1-15,22-23,25,39H,16-21,24H2,(H,42,43,44). The highest BCUT2D eigenvalue weighted by atomic mass is 35.5. The number of nitrogens with zero attached hydrogens (tertiary/aromatic N) is 7. The predicted octanol–water partition coefficient (Wildman–Crippen LogP) is 6.98. The third-order valence-corrected chi connectivity index (χ3v) is 11.3. The number of aromatic nitrogens is 4. The van der Waals surface area contributed by atoms with Crippen LogP contribution in [0.2, 0.25) is 5.02 Å². The van der Waals surface area contributed by atoms with Gasteiger partial charge in [0.05, 0.1) is 15.3 Å². The van der Waals surface area contributed by atoms with Crippen LogP contribution in [-0.4, -0.2) is 76.7 Å². The largest absolute Gasteiger partial charge is 0.379 e. The number of rotatable bonds is 13. The average Bonchev–Trinajstić information content (AvgIpc) is 3.17. The number of anilines is 3. The van der Waals surface area contributed by atoms with E-state index in [-0.39, 0.29) is 22.1 Å². The van der Waals surface area contributed by atoms with Crippen molar-refractivity contribution in [3.05, 3.63) is 130 Å². The highest BCUT2D eigenvalue weighted by Crippen LogP contribution is 2.32. The van der Waals surface area contributed by atoms with Crippen molar-refractivity contribution < 1.29 is 13.3 Å². The molecule has 0 amide bonds. The number of halogens is 1. The Labute approximate surface area is 315 Å². The number of sulfonamides is 1. The average molecular weight is 768 g/mol. The third kappa shape index (κ3) is 8.66. The van der Waals surface area contributed by atoms with Crippen molar-refractivity contribution in [2.24, 2.45) is 0 Å². The normalized spacial score (nSPS) is 13.6. The second-order valence-corrected chi connectivity index (χ2v) is 15.4. The highest BCUT2D eigenvalue weighted by molar-refractivity contribution is 7.99. The molecule has 2 N–H and O–H groups in total. The summed E-state index contributed by atoms with van der Waals surface area (Å²) >= 11 is 7.51. The summed E-state index contributed by atoms with van der Waals surface area (Å²) in [5.41, 5.74) is 4.96. The van der Waals surface area contributed by atoms with Crippen molar-refractivity contribution in [2.45, 2.75) is 16.6 Å². The first-order valence-electron chi connectivity index (χ1n) is 16.7. The zero-order chi connectivity index (χ0) is 36.8. The number of benzene rings is 4. The molecule has 53 heavy (non-hydrogen) atoms. The number of hydrogen-bond donors (Lipinski definition) is 2. The van der Waals surface area contributed by atoms with Crippen molar-refractivity contribution in [3.63, 3.8) is 0 Å². The van der Waals surface area contributed by atoms with Gasteiger partial charge in [0.1, 0.15) is 12.0 Å². The second kappa shape index (κ2) is 16.1. The number of hydrogen-bond acceptors (Lipinski definition) is 12. The molecular formula is C37H34ClN9O4S2. The Hall–Kier alpha value is -5.35. The van der Waals surface area contributed by atoms with E-state index in [2.05, 4.69) is 64.0 Å². The van der Waals surface area contributed by atoms with E-state index in [1.807, 2.05) is 36.4 Å². The summed E-state index contributed by atoms with van der Waals surface area (Å²) < 4.78 is 29.5. The minimum absolute atomic E-state index is 0.0794. The van der Waals surface area contributed by atoms with E-state index in [4.69, 9.17) is 11.6 Å². The smallest absolute Gasteiger partial charge is 0.293 e. The highest BCUT2D eigenvalue weighted by Gasteiger charge is 2.24. The quantitative estimate of drug-likeness (QED) is 0.0409. The van der Waals surface area contributed by atoms with Gasteiger partial charge >= 0.3 is 0 Å². The molecule has 3 heterocycles. The number of nitrogens with one attached hydrogen (secondary N) is 2. The molecule has 1 fully saturated rings. The van der Waals surface area contributed by atoms with Crippen LogP contribution in [-0.2, 0) is 16.6 Å². The Bertz CT molecular complexity index is 2350. The molecule has 0 saturated carbocycles. The lowest BCUT2D eigenvalue weighted by Crippen LogP contribution is -2.46. The van der Waals surface area contributed by atoms with Gasteiger partial charge in [0.2, 0.25) is 0 Å². The van der Waals surface area contributed by atoms with E-state index >= 15 is 0 Å². The van der Waals surface area contributed by atoms with Crippen molar-refractivity contribution in [1.82, 2.24) is 24.8 Å². The van der Waals surface area contributed by atoms with Gasteiger partial charge in [-0.15, -0.1) is 0 Å². The van der Waals surface area contributed by atoms with Crippen molar-refractivity contribution in [2.75, 3.05) is 53.4 Å². The van der Waals surface area contributed by atoms with Crippen molar-refractivity contribution in [1.29, 1.82) is 0 Å². The molecule has 1 aliphatic heterocycles. The Morgan fingerprint density at radius 2 is 1.64 bits per heavy atom. The number of piperazine rings is 1. The Balaban J connectivity index is 0.999. The number of fused-ring (bicyclic) bond motifs is 1. The summed E-state index contributed by atoms with van der Waals surface area (Å²) in [5.74, 6) is 0.623. The van der Waals surface area contributed by atoms with Crippen LogP contribution in [0.4, 0.5) is 22.9 Å². The van der Waals surface area contributed by atoms with E-state index < -0.39 is 14.9 Å². The molecule has 4 aromatic carbocycles. The van der Waals surface area contributed by atoms with Crippen LogP contribution >= 0.6 is 23.4 Å². The summed E-state index contributed by atoms with van der Waals surface area (Å²) in [6, 6.07) is 27.5. The van der Waals surface area contributed by atoms with Gasteiger partial charge in [-0.3, -0.25) is 19.7 Å². The lowest BCUT2D eigenvalue weighted by molar-refractivity contribution is -0.384. The van der Waals surface area contributed by atoms with Crippen molar-refractivity contribution in [3.8, 4) is 11.1 Å².